The van der Waals surface area contributed by atoms with Crippen molar-refractivity contribution in [2.24, 2.45) is 0 Å². The van der Waals surface area contributed by atoms with Gasteiger partial charge in [-0.15, -0.1) is 0 Å². The largest absolute Gasteiger partial charge is 0.399 e. The van der Waals surface area contributed by atoms with Gasteiger partial charge in [-0.25, -0.2) is 13.1 Å². The van der Waals surface area contributed by atoms with Gasteiger partial charge >= 0.3 is 0 Å². The summed E-state index contributed by atoms with van der Waals surface area (Å²) < 4.78 is 28.0. The lowest BCUT2D eigenvalue weighted by Crippen LogP contribution is -2.25. The highest BCUT2D eigenvalue weighted by Crippen LogP contribution is 2.32. The van der Waals surface area contributed by atoms with Crippen molar-refractivity contribution in [1.82, 2.24) is 4.72 Å². The van der Waals surface area contributed by atoms with Crippen molar-refractivity contribution in [1.29, 1.82) is 0 Å². The van der Waals surface area contributed by atoms with E-state index < -0.39 is 10.0 Å². The first-order chi connectivity index (χ1) is 9.38. The number of sulfonamides is 1. The van der Waals surface area contributed by atoms with Crippen LogP contribution in [0, 0.1) is 0 Å². The minimum Gasteiger partial charge on any atom is -0.399 e. The third-order valence-corrected chi connectivity index (χ3v) is 6.64. The van der Waals surface area contributed by atoms with Crippen LogP contribution in [0.15, 0.2) is 26.0 Å². The number of hydrogen-bond acceptors (Lipinski definition) is 4. The molecule has 1 rings (SSSR count). The Kier molecular flexibility index (Phi) is 7.89. The molecule has 0 bridgehead atoms. The summed E-state index contributed by atoms with van der Waals surface area (Å²) in [5.41, 5.74) is 6.16. The molecule has 0 atom stereocenters. The standard InChI is InChI=1S/C12H18Br2N2O2S2/c1-19-6-4-2-3-5-16-20(17,18)12-10(13)7-9(15)8-11(12)14/h7-8,16H,2-6,15H2,1H3. The van der Waals surface area contributed by atoms with Crippen LogP contribution in [0.4, 0.5) is 5.69 Å². The molecule has 0 saturated carbocycles. The molecular weight excluding hydrogens is 428 g/mol. The second-order valence-electron chi connectivity index (χ2n) is 4.26. The second kappa shape index (κ2) is 8.63. The number of unbranched alkanes of at least 4 members (excludes halogenated alkanes) is 2. The molecule has 114 valence electrons. The number of anilines is 1. The summed E-state index contributed by atoms with van der Waals surface area (Å²) in [6.07, 6.45) is 5.04. The number of hydrogen-bond donors (Lipinski definition) is 2. The van der Waals surface area contributed by atoms with E-state index in [9.17, 15) is 8.42 Å². The molecule has 0 aliphatic heterocycles. The van der Waals surface area contributed by atoms with Crippen LogP contribution in [0.5, 0.6) is 0 Å². The van der Waals surface area contributed by atoms with Gasteiger partial charge in [0.25, 0.3) is 0 Å². The Labute approximate surface area is 141 Å². The Morgan fingerprint density at radius 3 is 2.35 bits per heavy atom. The molecule has 0 aliphatic carbocycles. The average molecular weight is 446 g/mol. The maximum Gasteiger partial charge on any atom is 0.242 e. The minimum atomic E-state index is -3.54. The summed E-state index contributed by atoms with van der Waals surface area (Å²) in [7, 11) is -3.54. The van der Waals surface area contributed by atoms with Crippen molar-refractivity contribution in [2.75, 3.05) is 24.3 Å². The lowest BCUT2D eigenvalue weighted by atomic mass is 10.2. The molecule has 0 unspecified atom stereocenters. The van der Waals surface area contributed by atoms with Crippen molar-refractivity contribution >= 4 is 59.3 Å². The Hall–Kier alpha value is 0.240. The lowest BCUT2D eigenvalue weighted by molar-refractivity contribution is 0.575. The van der Waals surface area contributed by atoms with Crippen LogP contribution in [-0.4, -0.2) is 27.0 Å². The number of nitrogens with one attached hydrogen (secondary N) is 1. The van der Waals surface area contributed by atoms with Gasteiger partial charge in [0.05, 0.1) is 0 Å². The van der Waals surface area contributed by atoms with E-state index in [0.29, 0.717) is 21.2 Å². The third-order valence-electron chi connectivity index (χ3n) is 2.61. The zero-order valence-corrected chi connectivity index (χ0v) is 16.0. The normalized spacial score (nSPS) is 11.8. The predicted molar refractivity (Wildman–Crippen MR) is 93.7 cm³/mol. The van der Waals surface area contributed by atoms with E-state index in [0.717, 1.165) is 25.0 Å². The van der Waals surface area contributed by atoms with Gasteiger partial charge in [0, 0.05) is 21.2 Å². The van der Waals surface area contributed by atoms with Crippen LogP contribution < -0.4 is 10.5 Å². The molecule has 4 nitrogen and oxygen atoms in total. The molecule has 1 aromatic carbocycles. The van der Waals surface area contributed by atoms with Gasteiger partial charge in [-0.1, -0.05) is 6.42 Å². The molecule has 1 aromatic rings. The second-order valence-corrected chi connectivity index (χ2v) is 8.66. The van der Waals surface area contributed by atoms with Crippen LogP contribution in [-0.2, 0) is 10.0 Å². The molecular formula is C12H18Br2N2O2S2. The number of rotatable bonds is 8. The van der Waals surface area contributed by atoms with Crippen LogP contribution >= 0.6 is 43.6 Å². The van der Waals surface area contributed by atoms with Crippen LogP contribution in [0.1, 0.15) is 19.3 Å². The van der Waals surface area contributed by atoms with E-state index in [1.54, 1.807) is 23.9 Å². The molecule has 20 heavy (non-hydrogen) atoms. The highest BCUT2D eigenvalue weighted by Gasteiger charge is 2.21. The van der Waals surface area contributed by atoms with Crippen LogP contribution in [0.2, 0.25) is 0 Å². The fourth-order valence-corrected chi connectivity index (χ4v) is 5.85. The zero-order valence-electron chi connectivity index (χ0n) is 11.2. The summed E-state index contributed by atoms with van der Waals surface area (Å²) in [5, 5.41) is 0. The average Bonchev–Trinajstić information content (AvgIpc) is 2.31. The van der Waals surface area contributed by atoms with Gasteiger partial charge in [-0.05, 0) is 68.8 Å². The van der Waals surface area contributed by atoms with Gasteiger partial charge in [0.2, 0.25) is 10.0 Å². The van der Waals surface area contributed by atoms with Crippen LogP contribution in [0.25, 0.3) is 0 Å². The molecule has 0 spiro atoms. The van der Waals surface area contributed by atoms with Gasteiger partial charge < -0.3 is 5.73 Å². The summed E-state index contributed by atoms with van der Waals surface area (Å²) in [4.78, 5) is 0.191. The molecule has 3 N–H and O–H groups in total. The number of thioether (sulfide) groups is 1. The molecule has 0 radical (unpaired) electrons. The maximum absolute atomic E-state index is 12.3. The number of benzene rings is 1. The quantitative estimate of drug-likeness (QED) is 0.473. The third kappa shape index (κ3) is 5.55. The van der Waals surface area contributed by atoms with Crippen molar-refractivity contribution in [2.45, 2.75) is 24.2 Å². The summed E-state index contributed by atoms with van der Waals surface area (Å²) in [6.45, 7) is 0.444. The Bertz CT molecular complexity index is 527. The Balaban J connectivity index is 2.66. The highest BCUT2D eigenvalue weighted by molar-refractivity contribution is 9.11. The van der Waals surface area contributed by atoms with Gasteiger partial charge in [-0.3, -0.25) is 0 Å². The first-order valence-corrected chi connectivity index (χ1v) is 10.6. The lowest BCUT2D eigenvalue weighted by Gasteiger charge is -2.11. The molecule has 0 fully saturated rings. The summed E-state index contributed by atoms with van der Waals surface area (Å²) >= 11 is 8.29. The van der Waals surface area contributed by atoms with E-state index in [1.165, 1.54) is 0 Å². The van der Waals surface area contributed by atoms with Crippen molar-refractivity contribution < 1.29 is 8.42 Å². The monoisotopic (exact) mass is 444 g/mol. The van der Waals surface area contributed by atoms with E-state index >= 15 is 0 Å². The fraction of sp³-hybridized carbons (Fsp3) is 0.500. The first kappa shape index (κ1) is 18.3. The van der Waals surface area contributed by atoms with E-state index in [2.05, 4.69) is 42.8 Å². The van der Waals surface area contributed by atoms with E-state index in [-0.39, 0.29) is 4.90 Å². The van der Waals surface area contributed by atoms with Crippen molar-refractivity contribution in [3.8, 4) is 0 Å². The van der Waals surface area contributed by atoms with E-state index in [4.69, 9.17) is 5.73 Å². The molecule has 0 heterocycles. The maximum atomic E-state index is 12.3. The summed E-state index contributed by atoms with van der Waals surface area (Å²) in [6, 6.07) is 3.16. The van der Waals surface area contributed by atoms with Gasteiger partial charge in [0.1, 0.15) is 4.90 Å². The van der Waals surface area contributed by atoms with Gasteiger partial charge in [-0.2, -0.15) is 11.8 Å². The SMILES string of the molecule is CSCCCCCNS(=O)(=O)c1c(Br)cc(N)cc1Br. The Morgan fingerprint density at radius 2 is 1.80 bits per heavy atom. The minimum absolute atomic E-state index is 0.191. The molecule has 0 saturated heterocycles. The molecule has 8 heteroatoms. The van der Waals surface area contributed by atoms with Gasteiger partial charge in [0.15, 0.2) is 0 Å². The molecule has 0 amide bonds. The number of nitrogens with two attached hydrogens (primary N) is 1. The van der Waals surface area contributed by atoms with Crippen molar-refractivity contribution in [3.05, 3.63) is 21.1 Å². The fourth-order valence-electron chi connectivity index (χ4n) is 1.66. The zero-order chi connectivity index (χ0) is 15.2. The summed E-state index contributed by atoms with van der Waals surface area (Å²) in [5.74, 6) is 1.11. The molecule has 0 aromatic heterocycles. The number of halogens is 2. The smallest absolute Gasteiger partial charge is 0.242 e. The van der Waals surface area contributed by atoms with E-state index in [1.807, 2.05) is 0 Å². The first-order valence-electron chi connectivity index (χ1n) is 6.11. The topological polar surface area (TPSA) is 72.2 Å². The Morgan fingerprint density at radius 1 is 1.20 bits per heavy atom. The van der Waals surface area contributed by atoms with Crippen LogP contribution in [0.3, 0.4) is 0 Å². The highest BCUT2D eigenvalue weighted by atomic mass is 79.9. The predicted octanol–water partition coefficient (Wildman–Crippen LogP) is 3.61. The number of nitrogen functional groups attached to an aromatic ring is 1. The van der Waals surface area contributed by atoms with Crippen molar-refractivity contribution in [3.63, 3.8) is 0 Å². The molecule has 0 aliphatic rings.